The van der Waals surface area contributed by atoms with Crippen LogP contribution < -0.4 is 5.32 Å². The topological polar surface area (TPSA) is 41.6 Å². The highest BCUT2D eigenvalue weighted by Gasteiger charge is 2.19. The molecule has 0 unspecified atom stereocenters. The first kappa shape index (κ1) is 15.5. The highest BCUT2D eigenvalue weighted by Crippen LogP contribution is 2.17. The Morgan fingerprint density at radius 2 is 2.25 bits per heavy atom. The van der Waals surface area contributed by atoms with Gasteiger partial charge in [0, 0.05) is 20.2 Å². The van der Waals surface area contributed by atoms with Gasteiger partial charge >= 0.3 is 0 Å². The summed E-state index contributed by atoms with van der Waals surface area (Å²) >= 11 is 1.52. The number of methoxy groups -OCH3 is 1. The molecule has 1 aliphatic heterocycles. The lowest BCUT2D eigenvalue weighted by molar-refractivity contribution is 0.0929. The van der Waals surface area contributed by atoms with Gasteiger partial charge in [-0.15, -0.1) is 11.3 Å². The van der Waals surface area contributed by atoms with Crippen molar-refractivity contribution < 1.29 is 9.53 Å². The van der Waals surface area contributed by atoms with Crippen molar-refractivity contribution in [1.82, 2.24) is 10.2 Å². The summed E-state index contributed by atoms with van der Waals surface area (Å²) < 4.78 is 5.10. The van der Waals surface area contributed by atoms with Crippen LogP contribution in [-0.4, -0.2) is 50.7 Å². The van der Waals surface area contributed by atoms with E-state index in [2.05, 4.69) is 10.2 Å². The number of piperidine rings is 1. The van der Waals surface area contributed by atoms with Crippen LogP contribution in [0.25, 0.3) is 0 Å². The first-order valence-corrected chi connectivity index (χ1v) is 8.11. The first-order valence-electron chi connectivity index (χ1n) is 7.23. The summed E-state index contributed by atoms with van der Waals surface area (Å²) in [5.74, 6) is 0.684. The minimum atomic E-state index is 0.0740. The number of thiophene rings is 1. The molecule has 1 aliphatic rings. The predicted molar refractivity (Wildman–Crippen MR) is 82.4 cm³/mol. The number of nitrogens with one attached hydrogen (secondary N) is 1. The Morgan fingerprint density at radius 1 is 1.50 bits per heavy atom. The Balaban J connectivity index is 1.67. The fourth-order valence-electron chi connectivity index (χ4n) is 2.51. The van der Waals surface area contributed by atoms with Crippen LogP contribution in [0, 0.1) is 12.8 Å². The third-order valence-electron chi connectivity index (χ3n) is 3.82. The lowest BCUT2D eigenvalue weighted by atomic mass is 9.97. The Kier molecular flexibility index (Phi) is 6.01. The van der Waals surface area contributed by atoms with Gasteiger partial charge in [0.2, 0.25) is 0 Å². The van der Waals surface area contributed by atoms with Crippen LogP contribution in [0.15, 0.2) is 11.4 Å². The molecule has 0 saturated carbocycles. The molecule has 1 aromatic heterocycles. The van der Waals surface area contributed by atoms with Crippen molar-refractivity contribution in [3.8, 4) is 0 Å². The summed E-state index contributed by atoms with van der Waals surface area (Å²) in [7, 11) is 1.74. The maximum atomic E-state index is 12.0. The zero-order valence-electron chi connectivity index (χ0n) is 12.4. The maximum Gasteiger partial charge on any atom is 0.261 e. The normalized spacial score (nSPS) is 17.3. The van der Waals surface area contributed by atoms with Gasteiger partial charge in [0.25, 0.3) is 5.91 Å². The van der Waals surface area contributed by atoms with Crippen LogP contribution in [0.3, 0.4) is 0 Å². The average molecular weight is 296 g/mol. The van der Waals surface area contributed by atoms with E-state index in [-0.39, 0.29) is 5.91 Å². The van der Waals surface area contributed by atoms with Crippen molar-refractivity contribution in [2.24, 2.45) is 5.92 Å². The SMILES string of the molecule is COCCN1CCC(CNC(=O)c2cc(C)cs2)CC1. The average Bonchev–Trinajstić information content (AvgIpc) is 2.90. The number of likely N-dealkylation sites (tertiary alicyclic amines) is 1. The third kappa shape index (κ3) is 4.58. The summed E-state index contributed by atoms with van der Waals surface area (Å²) in [4.78, 5) is 15.2. The molecule has 0 aliphatic carbocycles. The quantitative estimate of drug-likeness (QED) is 0.874. The number of rotatable bonds is 6. The van der Waals surface area contributed by atoms with Crippen LogP contribution in [-0.2, 0) is 4.74 Å². The zero-order valence-corrected chi connectivity index (χ0v) is 13.2. The van der Waals surface area contributed by atoms with Gasteiger partial charge < -0.3 is 15.0 Å². The van der Waals surface area contributed by atoms with Crippen LogP contribution >= 0.6 is 11.3 Å². The van der Waals surface area contributed by atoms with Crippen LogP contribution in [0.4, 0.5) is 0 Å². The molecule has 1 fully saturated rings. The van der Waals surface area contributed by atoms with Gasteiger partial charge in [0.1, 0.15) is 0 Å². The van der Waals surface area contributed by atoms with E-state index < -0.39 is 0 Å². The highest BCUT2D eigenvalue weighted by atomic mass is 32.1. The van der Waals surface area contributed by atoms with Crippen LogP contribution in [0.5, 0.6) is 0 Å². The molecule has 1 saturated heterocycles. The van der Waals surface area contributed by atoms with Gasteiger partial charge in [-0.3, -0.25) is 4.79 Å². The van der Waals surface area contributed by atoms with Crippen LogP contribution in [0.1, 0.15) is 28.1 Å². The molecule has 0 spiro atoms. The summed E-state index contributed by atoms with van der Waals surface area (Å²) in [5.41, 5.74) is 1.16. The monoisotopic (exact) mass is 296 g/mol. The summed E-state index contributed by atoms with van der Waals surface area (Å²) in [6.45, 7) is 6.87. The van der Waals surface area contributed by atoms with E-state index >= 15 is 0 Å². The van der Waals surface area contributed by atoms with E-state index in [0.717, 1.165) is 56.1 Å². The Morgan fingerprint density at radius 3 is 2.85 bits per heavy atom. The molecule has 112 valence electrons. The molecule has 1 aromatic rings. The van der Waals surface area contributed by atoms with Gasteiger partial charge in [-0.1, -0.05) is 0 Å². The van der Waals surface area contributed by atoms with Crippen molar-refractivity contribution in [3.63, 3.8) is 0 Å². The molecule has 0 atom stereocenters. The lowest BCUT2D eigenvalue weighted by Gasteiger charge is -2.31. The molecule has 1 amide bonds. The molecule has 0 bridgehead atoms. The van der Waals surface area contributed by atoms with Gasteiger partial charge in [0.15, 0.2) is 0 Å². The number of carbonyl (C=O) groups excluding carboxylic acids is 1. The summed E-state index contributed by atoms with van der Waals surface area (Å²) in [6.07, 6.45) is 2.32. The van der Waals surface area contributed by atoms with E-state index in [4.69, 9.17) is 4.74 Å². The smallest absolute Gasteiger partial charge is 0.261 e. The number of carbonyl (C=O) groups is 1. The first-order chi connectivity index (χ1) is 9.69. The van der Waals surface area contributed by atoms with Gasteiger partial charge in [0.05, 0.1) is 11.5 Å². The molecule has 0 aromatic carbocycles. The second kappa shape index (κ2) is 7.76. The second-order valence-corrected chi connectivity index (χ2v) is 6.39. The number of nitrogens with zero attached hydrogens (tertiary/aromatic N) is 1. The number of hydrogen-bond acceptors (Lipinski definition) is 4. The number of hydrogen-bond donors (Lipinski definition) is 1. The van der Waals surface area contributed by atoms with Crippen molar-refractivity contribution in [2.75, 3.05) is 39.9 Å². The van der Waals surface area contributed by atoms with Crippen LogP contribution in [0.2, 0.25) is 0 Å². The molecule has 0 radical (unpaired) electrons. The van der Waals surface area contributed by atoms with E-state index in [1.165, 1.54) is 11.3 Å². The van der Waals surface area contributed by atoms with E-state index in [1.54, 1.807) is 7.11 Å². The van der Waals surface area contributed by atoms with Crippen molar-refractivity contribution in [1.29, 1.82) is 0 Å². The number of amides is 1. The number of aryl methyl sites for hydroxylation is 1. The van der Waals surface area contributed by atoms with E-state index in [0.29, 0.717) is 5.92 Å². The molecule has 2 heterocycles. The van der Waals surface area contributed by atoms with E-state index in [1.807, 2.05) is 18.4 Å². The maximum absolute atomic E-state index is 12.0. The molecule has 20 heavy (non-hydrogen) atoms. The van der Waals surface area contributed by atoms with Gasteiger partial charge in [-0.2, -0.15) is 0 Å². The third-order valence-corrected chi connectivity index (χ3v) is 4.87. The second-order valence-electron chi connectivity index (χ2n) is 5.48. The predicted octanol–water partition coefficient (Wildman–Crippen LogP) is 2.14. The molecule has 4 nitrogen and oxygen atoms in total. The molecule has 2 rings (SSSR count). The fraction of sp³-hybridized carbons (Fsp3) is 0.667. The number of ether oxygens (including phenoxy) is 1. The highest BCUT2D eigenvalue weighted by molar-refractivity contribution is 7.12. The summed E-state index contributed by atoms with van der Waals surface area (Å²) in [5, 5.41) is 5.09. The fourth-order valence-corrected chi connectivity index (χ4v) is 3.32. The van der Waals surface area contributed by atoms with Gasteiger partial charge in [-0.05, 0) is 55.8 Å². The minimum absolute atomic E-state index is 0.0740. The molecule has 1 N–H and O–H groups in total. The Hall–Kier alpha value is -0.910. The van der Waals surface area contributed by atoms with Crippen molar-refractivity contribution in [3.05, 3.63) is 21.9 Å². The largest absolute Gasteiger partial charge is 0.383 e. The minimum Gasteiger partial charge on any atom is -0.383 e. The van der Waals surface area contributed by atoms with Gasteiger partial charge in [-0.25, -0.2) is 0 Å². The Labute approximate surface area is 125 Å². The molecular formula is C15H24N2O2S. The van der Waals surface area contributed by atoms with Crippen molar-refractivity contribution >= 4 is 17.2 Å². The van der Waals surface area contributed by atoms with Crippen molar-refractivity contribution in [2.45, 2.75) is 19.8 Å². The Bertz CT molecular complexity index is 425. The zero-order chi connectivity index (χ0) is 14.4. The molecular weight excluding hydrogens is 272 g/mol. The standard InChI is InChI=1S/C15H24N2O2S/c1-12-9-14(20-11-12)15(18)16-10-13-3-5-17(6-4-13)7-8-19-2/h9,11,13H,3-8,10H2,1-2H3,(H,16,18). The lowest BCUT2D eigenvalue weighted by Crippen LogP contribution is -2.39. The summed E-state index contributed by atoms with van der Waals surface area (Å²) in [6, 6.07) is 1.95. The molecule has 5 heteroatoms. The van der Waals surface area contributed by atoms with E-state index in [9.17, 15) is 4.79 Å².